The zero-order chi connectivity index (χ0) is 10.1. The number of fused-ring (bicyclic) bond motifs is 1. The molecule has 80 valence electrons. The van der Waals surface area contributed by atoms with Gasteiger partial charge in [0.2, 0.25) is 0 Å². The van der Waals surface area contributed by atoms with Crippen LogP contribution in [-0.2, 0) is 9.53 Å². The molecular formula is C10H18N2O2. The SMILES string of the molecule is COC(=O)C1CCC(NN)C2CCC12. The normalized spacial score (nSPS) is 41.0. The highest BCUT2D eigenvalue weighted by Gasteiger charge is 2.47. The quantitative estimate of drug-likeness (QED) is 0.383. The van der Waals surface area contributed by atoms with Crippen molar-refractivity contribution in [1.29, 1.82) is 0 Å². The maximum atomic E-state index is 11.5. The van der Waals surface area contributed by atoms with E-state index in [-0.39, 0.29) is 11.9 Å². The Morgan fingerprint density at radius 1 is 1.29 bits per heavy atom. The first-order chi connectivity index (χ1) is 6.77. The van der Waals surface area contributed by atoms with E-state index < -0.39 is 0 Å². The second-order valence-corrected chi connectivity index (χ2v) is 4.39. The van der Waals surface area contributed by atoms with Crippen molar-refractivity contribution in [3.05, 3.63) is 0 Å². The molecular weight excluding hydrogens is 180 g/mol. The van der Waals surface area contributed by atoms with Gasteiger partial charge in [0.25, 0.3) is 0 Å². The molecule has 0 aromatic carbocycles. The average molecular weight is 198 g/mol. The van der Waals surface area contributed by atoms with Crippen LogP contribution < -0.4 is 11.3 Å². The number of hydrazine groups is 1. The van der Waals surface area contributed by atoms with Crippen molar-refractivity contribution in [2.24, 2.45) is 23.6 Å². The molecule has 0 spiro atoms. The molecule has 2 aliphatic carbocycles. The number of nitrogens with two attached hydrogens (primary N) is 1. The van der Waals surface area contributed by atoms with Crippen LogP contribution in [0.1, 0.15) is 25.7 Å². The molecule has 0 aliphatic heterocycles. The smallest absolute Gasteiger partial charge is 0.308 e. The Balaban J connectivity index is 2.01. The third kappa shape index (κ3) is 1.42. The first kappa shape index (κ1) is 9.93. The number of hydrogen-bond acceptors (Lipinski definition) is 4. The van der Waals surface area contributed by atoms with Gasteiger partial charge in [-0.05, 0) is 37.5 Å². The van der Waals surface area contributed by atoms with Gasteiger partial charge in [0.05, 0.1) is 13.0 Å². The Hall–Kier alpha value is -0.610. The zero-order valence-electron chi connectivity index (χ0n) is 8.53. The summed E-state index contributed by atoms with van der Waals surface area (Å²) in [4.78, 5) is 11.5. The van der Waals surface area contributed by atoms with Crippen LogP contribution in [-0.4, -0.2) is 19.1 Å². The summed E-state index contributed by atoms with van der Waals surface area (Å²) in [6.45, 7) is 0. The van der Waals surface area contributed by atoms with Gasteiger partial charge in [-0.2, -0.15) is 0 Å². The molecule has 0 radical (unpaired) electrons. The highest BCUT2D eigenvalue weighted by atomic mass is 16.5. The van der Waals surface area contributed by atoms with E-state index in [9.17, 15) is 4.79 Å². The molecule has 0 bridgehead atoms. The van der Waals surface area contributed by atoms with Crippen LogP contribution >= 0.6 is 0 Å². The van der Waals surface area contributed by atoms with Gasteiger partial charge in [-0.15, -0.1) is 0 Å². The molecule has 0 heterocycles. The van der Waals surface area contributed by atoms with Gasteiger partial charge in [-0.1, -0.05) is 0 Å². The summed E-state index contributed by atoms with van der Waals surface area (Å²) in [6, 6.07) is 0.412. The molecule has 0 amide bonds. The Kier molecular flexibility index (Phi) is 2.74. The fraction of sp³-hybridized carbons (Fsp3) is 0.900. The maximum Gasteiger partial charge on any atom is 0.308 e. The minimum atomic E-state index is -0.0322. The van der Waals surface area contributed by atoms with E-state index in [1.807, 2.05) is 0 Å². The molecule has 4 unspecified atom stereocenters. The molecule has 0 aromatic rings. The first-order valence-corrected chi connectivity index (χ1v) is 5.32. The summed E-state index contributed by atoms with van der Waals surface area (Å²) >= 11 is 0. The molecule has 2 saturated carbocycles. The number of ether oxygens (including phenoxy) is 1. The van der Waals surface area contributed by atoms with Crippen LogP contribution in [0.25, 0.3) is 0 Å². The summed E-state index contributed by atoms with van der Waals surface area (Å²) in [7, 11) is 1.48. The van der Waals surface area contributed by atoms with Gasteiger partial charge in [-0.25, -0.2) is 0 Å². The fourth-order valence-corrected chi connectivity index (χ4v) is 2.99. The van der Waals surface area contributed by atoms with Crippen LogP contribution in [0.2, 0.25) is 0 Å². The molecule has 4 nitrogen and oxygen atoms in total. The van der Waals surface area contributed by atoms with E-state index in [0.29, 0.717) is 17.9 Å². The van der Waals surface area contributed by atoms with Crippen molar-refractivity contribution in [2.45, 2.75) is 31.7 Å². The van der Waals surface area contributed by atoms with E-state index in [2.05, 4.69) is 5.43 Å². The van der Waals surface area contributed by atoms with E-state index in [4.69, 9.17) is 10.6 Å². The summed E-state index contributed by atoms with van der Waals surface area (Å²) in [5.41, 5.74) is 2.86. The van der Waals surface area contributed by atoms with Crippen molar-refractivity contribution < 1.29 is 9.53 Å². The van der Waals surface area contributed by atoms with E-state index in [1.165, 1.54) is 13.5 Å². The van der Waals surface area contributed by atoms with Crippen LogP contribution in [0, 0.1) is 17.8 Å². The molecule has 3 N–H and O–H groups in total. The summed E-state index contributed by atoms with van der Waals surface area (Å²) in [5.74, 6) is 6.68. The van der Waals surface area contributed by atoms with E-state index >= 15 is 0 Å². The van der Waals surface area contributed by atoms with Gasteiger partial charge in [0, 0.05) is 6.04 Å². The summed E-state index contributed by atoms with van der Waals surface area (Å²) in [5, 5.41) is 0. The number of esters is 1. The van der Waals surface area contributed by atoms with E-state index in [1.54, 1.807) is 0 Å². The Morgan fingerprint density at radius 2 is 2.00 bits per heavy atom. The fourth-order valence-electron chi connectivity index (χ4n) is 2.99. The lowest BCUT2D eigenvalue weighted by Crippen LogP contribution is -2.54. The summed E-state index contributed by atoms with van der Waals surface area (Å²) < 4.78 is 4.82. The molecule has 2 fully saturated rings. The minimum Gasteiger partial charge on any atom is -0.469 e. The molecule has 14 heavy (non-hydrogen) atoms. The minimum absolute atomic E-state index is 0.0322. The lowest BCUT2D eigenvalue weighted by atomic mass is 9.58. The lowest BCUT2D eigenvalue weighted by Gasteiger charge is -2.49. The Morgan fingerprint density at radius 3 is 2.50 bits per heavy atom. The van der Waals surface area contributed by atoms with Gasteiger partial charge in [0.15, 0.2) is 0 Å². The standard InChI is InChI=1S/C10H18N2O2/c1-14-10(13)8-4-5-9(12-11)7-3-2-6(7)8/h6-9,12H,2-5,11H2,1H3. The van der Waals surface area contributed by atoms with E-state index in [0.717, 1.165) is 19.3 Å². The Labute approximate surface area is 84.1 Å². The maximum absolute atomic E-state index is 11.5. The van der Waals surface area contributed by atoms with Gasteiger partial charge >= 0.3 is 5.97 Å². The molecule has 2 rings (SSSR count). The van der Waals surface area contributed by atoms with Gasteiger partial charge in [-0.3, -0.25) is 16.1 Å². The number of carbonyl (C=O) groups is 1. The summed E-state index contributed by atoms with van der Waals surface area (Å²) in [6.07, 6.45) is 4.27. The monoisotopic (exact) mass is 198 g/mol. The highest BCUT2D eigenvalue weighted by molar-refractivity contribution is 5.73. The van der Waals surface area contributed by atoms with Crippen LogP contribution in [0.3, 0.4) is 0 Å². The van der Waals surface area contributed by atoms with Crippen molar-refractivity contribution in [1.82, 2.24) is 5.43 Å². The largest absolute Gasteiger partial charge is 0.469 e. The third-order valence-electron chi connectivity index (χ3n) is 3.92. The van der Waals surface area contributed by atoms with Gasteiger partial charge in [0.1, 0.15) is 0 Å². The zero-order valence-corrected chi connectivity index (χ0v) is 8.53. The number of hydrogen-bond donors (Lipinski definition) is 2. The molecule has 2 aliphatic rings. The second-order valence-electron chi connectivity index (χ2n) is 4.39. The van der Waals surface area contributed by atoms with Gasteiger partial charge < -0.3 is 4.74 Å². The second kappa shape index (κ2) is 3.87. The third-order valence-corrected chi connectivity index (χ3v) is 3.92. The number of nitrogens with one attached hydrogen (secondary N) is 1. The van der Waals surface area contributed by atoms with Crippen molar-refractivity contribution in [3.63, 3.8) is 0 Å². The van der Waals surface area contributed by atoms with Crippen LogP contribution in [0.4, 0.5) is 0 Å². The molecule has 0 aromatic heterocycles. The lowest BCUT2D eigenvalue weighted by molar-refractivity contribution is -0.153. The topological polar surface area (TPSA) is 64.3 Å². The molecule has 4 atom stereocenters. The van der Waals surface area contributed by atoms with Crippen molar-refractivity contribution >= 4 is 5.97 Å². The number of rotatable bonds is 2. The predicted molar refractivity (Wildman–Crippen MR) is 52.1 cm³/mol. The number of methoxy groups -OCH3 is 1. The van der Waals surface area contributed by atoms with Crippen molar-refractivity contribution in [3.8, 4) is 0 Å². The van der Waals surface area contributed by atoms with Crippen LogP contribution in [0.15, 0.2) is 0 Å². The molecule has 0 saturated heterocycles. The first-order valence-electron chi connectivity index (χ1n) is 5.32. The van der Waals surface area contributed by atoms with Crippen LogP contribution in [0.5, 0.6) is 0 Å². The van der Waals surface area contributed by atoms with Crippen molar-refractivity contribution in [2.75, 3.05) is 7.11 Å². The Bertz CT molecular complexity index is 232. The predicted octanol–water partition coefficient (Wildman–Crippen LogP) is 0.427. The molecule has 4 heteroatoms. The average Bonchev–Trinajstić information content (AvgIpc) is 2.17. The highest BCUT2D eigenvalue weighted by Crippen LogP contribution is 2.48. The number of carbonyl (C=O) groups excluding carboxylic acids is 1.